The molecule has 0 atom stereocenters. The van der Waals surface area contributed by atoms with Gasteiger partial charge in [-0.3, -0.25) is 10.2 Å². The molecule has 3 aromatic heterocycles. The lowest BCUT2D eigenvalue weighted by molar-refractivity contribution is 0.327. The highest BCUT2D eigenvalue weighted by atomic mass is 16.5. The predicted octanol–water partition coefficient (Wildman–Crippen LogP) is 2.89. The molecule has 1 aromatic carbocycles. The maximum atomic E-state index is 5.33. The third kappa shape index (κ3) is 2.76. The van der Waals surface area contributed by atoms with Crippen molar-refractivity contribution in [3.05, 3.63) is 42.7 Å². The summed E-state index contributed by atoms with van der Waals surface area (Å²) in [5.41, 5.74) is 2.71. The molecule has 0 fully saturated rings. The Morgan fingerprint density at radius 1 is 1.12 bits per heavy atom. The highest BCUT2D eigenvalue weighted by Crippen LogP contribution is 2.21. The van der Waals surface area contributed by atoms with Gasteiger partial charge in [0.05, 0.1) is 18.3 Å². The Bertz CT molecular complexity index is 958. The molecule has 4 rings (SSSR count). The fourth-order valence-corrected chi connectivity index (χ4v) is 2.35. The number of ether oxygens (including phenoxy) is 1. The lowest BCUT2D eigenvalue weighted by Gasteiger charge is -2.02. The van der Waals surface area contributed by atoms with Crippen molar-refractivity contribution in [2.45, 2.75) is 6.92 Å². The number of pyridine rings is 1. The fourth-order valence-electron chi connectivity index (χ4n) is 2.35. The van der Waals surface area contributed by atoms with E-state index < -0.39 is 0 Å². The monoisotopic (exact) mass is 321 g/mol. The molecular weight excluding hydrogens is 306 g/mol. The Hall–Kier alpha value is -3.42. The van der Waals surface area contributed by atoms with E-state index in [4.69, 9.17) is 4.74 Å². The second-order valence-electron chi connectivity index (χ2n) is 5.12. The van der Waals surface area contributed by atoms with Gasteiger partial charge in [-0.1, -0.05) is 0 Å². The van der Waals surface area contributed by atoms with Gasteiger partial charge in [0, 0.05) is 28.9 Å². The molecule has 4 aromatic rings. The molecule has 3 N–H and O–H groups in total. The van der Waals surface area contributed by atoms with Gasteiger partial charge in [0.1, 0.15) is 0 Å². The summed E-state index contributed by atoms with van der Waals surface area (Å²) in [7, 11) is 0. The SMILES string of the molecule is CCOc1ccc(-c2nc(Nc3ccc4[nH]ncc4c3)n[nH]2)cn1. The van der Waals surface area contributed by atoms with Crippen LogP contribution in [0.5, 0.6) is 5.88 Å². The van der Waals surface area contributed by atoms with E-state index >= 15 is 0 Å². The lowest BCUT2D eigenvalue weighted by Crippen LogP contribution is -1.94. The van der Waals surface area contributed by atoms with Crippen molar-refractivity contribution in [3.63, 3.8) is 0 Å². The van der Waals surface area contributed by atoms with Crippen LogP contribution >= 0.6 is 0 Å². The molecule has 0 saturated heterocycles. The minimum absolute atomic E-state index is 0.488. The summed E-state index contributed by atoms with van der Waals surface area (Å²) >= 11 is 0. The topological polar surface area (TPSA) is 104 Å². The van der Waals surface area contributed by atoms with E-state index in [-0.39, 0.29) is 0 Å². The van der Waals surface area contributed by atoms with Crippen LogP contribution in [0, 0.1) is 0 Å². The largest absolute Gasteiger partial charge is 0.478 e. The smallest absolute Gasteiger partial charge is 0.246 e. The Kier molecular flexibility index (Phi) is 3.54. The number of benzene rings is 1. The van der Waals surface area contributed by atoms with Gasteiger partial charge in [-0.15, -0.1) is 5.10 Å². The normalized spacial score (nSPS) is 10.9. The van der Waals surface area contributed by atoms with Crippen molar-refractivity contribution in [2.24, 2.45) is 0 Å². The number of hydrogen-bond donors (Lipinski definition) is 3. The van der Waals surface area contributed by atoms with E-state index in [1.54, 1.807) is 18.5 Å². The summed E-state index contributed by atoms with van der Waals surface area (Å²) in [6.07, 6.45) is 3.47. The van der Waals surface area contributed by atoms with Crippen LogP contribution in [-0.2, 0) is 0 Å². The zero-order valence-corrected chi connectivity index (χ0v) is 12.9. The van der Waals surface area contributed by atoms with Crippen LogP contribution in [0.25, 0.3) is 22.3 Å². The van der Waals surface area contributed by atoms with Gasteiger partial charge in [0.25, 0.3) is 0 Å². The second kappa shape index (κ2) is 5.99. The van der Waals surface area contributed by atoms with Gasteiger partial charge in [0.15, 0.2) is 5.82 Å². The summed E-state index contributed by atoms with van der Waals surface area (Å²) in [5, 5.41) is 18.2. The molecule has 0 aliphatic carbocycles. The Morgan fingerprint density at radius 2 is 2.08 bits per heavy atom. The third-order valence-electron chi connectivity index (χ3n) is 3.48. The van der Waals surface area contributed by atoms with Crippen LogP contribution in [-0.4, -0.2) is 37.0 Å². The molecule has 3 heterocycles. The maximum Gasteiger partial charge on any atom is 0.246 e. The zero-order chi connectivity index (χ0) is 16.4. The quantitative estimate of drug-likeness (QED) is 0.522. The van der Waals surface area contributed by atoms with Crippen molar-refractivity contribution in [1.29, 1.82) is 0 Å². The summed E-state index contributed by atoms with van der Waals surface area (Å²) in [6.45, 7) is 2.51. The summed E-state index contributed by atoms with van der Waals surface area (Å²) in [4.78, 5) is 8.66. The zero-order valence-electron chi connectivity index (χ0n) is 12.9. The summed E-state index contributed by atoms with van der Waals surface area (Å²) in [6, 6.07) is 9.57. The first-order valence-corrected chi connectivity index (χ1v) is 7.53. The van der Waals surface area contributed by atoms with Gasteiger partial charge in [-0.05, 0) is 31.2 Å². The first kappa shape index (κ1) is 14.2. The minimum Gasteiger partial charge on any atom is -0.478 e. The minimum atomic E-state index is 0.488. The molecule has 0 spiro atoms. The number of aromatic amines is 2. The number of H-pyrrole nitrogens is 2. The predicted molar refractivity (Wildman–Crippen MR) is 90.2 cm³/mol. The van der Waals surface area contributed by atoms with Crippen LogP contribution in [0.15, 0.2) is 42.7 Å². The number of aromatic nitrogens is 6. The molecule has 0 bridgehead atoms. The van der Waals surface area contributed by atoms with Gasteiger partial charge >= 0.3 is 0 Å². The van der Waals surface area contributed by atoms with E-state index in [9.17, 15) is 0 Å². The molecular formula is C16H15N7O. The second-order valence-corrected chi connectivity index (χ2v) is 5.12. The summed E-state index contributed by atoms with van der Waals surface area (Å²) < 4.78 is 5.33. The number of anilines is 2. The molecule has 24 heavy (non-hydrogen) atoms. The van der Waals surface area contributed by atoms with Crippen molar-refractivity contribution < 1.29 is 4.74 Å². The van der Waals surface area contributed by atoms with E-state index in [0.717, 1.165) is 22.2 Å². The van der Waals surface area contributed by atoms with E-state index in [2.05, 4.69) is 35.7 Å². The molecule has 0 amide bonds. The molecule has 0 unspecified atom stereocenters. The van der Waals surface area contributed by atoms with Crippen LogP contribution in [0.3, 0.4) is 0 Å². The van der Waals surface area contributed by atoms with Gasteiger partial charge in [0.2, 0.25) is 11.8 Å². The lowest BCUT2D eigenvalue weighted by atomic mass is 10.2. The van der Waals surface area contributed by atoms with E-state index in [1.165, 1.54) is 0 Å². The Balaban J connectivity index is 1.53. The fraction of sp³-hybridized carbons (Fsp3) is 0.125. The Morgan fingerprint density at radius 3 is 2.92 bits per heavy atom. The van der Waals surface area contributed by atoms with Gasteiger partial charge in [-0.25, -0.2) is 4.98 Å². The Labute approximate surface area is 137 Å². The molecule has 0 aliphatic heterocycles. The highest BCUT2D eigenvalue weighted by Gasteiger charge is 2.07. The molecule has 0 aliphatic rings. The van der Waals surface area contributed by atoms with Crippen LogP contribution < -0.4 is 10.1 Å². The third-order valence-corrected chi connectivity index (χ3v) is 3.48. The van der Waals surface area contributed by atoms with Crippen molar-refractivity contribution in [2.75, 3.05) is 11.9 Å². The number of nitrogens with one attached hydrogen (secondary N) is 3. The number of hydrogen-bond acceptors (Lipinski definition) is 6. The number of fused-ring (bicyclic) bond motifs is 1. The van der Waals surface area contributed by atoms with E-state index in [0.29, 0.717) is 24.3 Å². The maximum absolute atomic E-state index is 5.33. The van der Waals surface area contributed by atoms with Gasteiger partial charge < -0.3 is 10.1 Å². The van der Waals surface area contributed by atoms with Crippen molar-refractivity contribution >= 4 is 22.5 Å². The summed E-state index contributed by atoms with van der Waals surface area (Å²) in [5.74, 6) is 1.71. The van der Waals surface area contributed by atoms with Crippen molar-refractivity contribution in [3.8, 4) is 17.3 Å². The standard InChI is InChI=1S/C16H15N7O/c1-2-24-14-6-3-10(8-17-14)15-20-16(23-22-15)19-12-4-5-13-11(7-12)9-18-21-13/h3-9H,2H2,1H3,(H,18,21)(H2,19,20,22,23). The molecule has 8 heteroatoms. The van der Waals surface area contributed by atoms with Crippen LogP contribution in [0.2, 0.25) is 0 Å². The van der Waals surface area contributed by atoms with Crippen LogP contribution in [0.4, 0.5) is 11.6 Å². The van der Waals surface area contributed by atoms with E-state index in [1.807, 2.05) is 31.2 Å². The number of rotatable bonds is 5. The average Bonchev–Trinajstić information content (AvgIpc) is 3.25. The highest BCUT2D eigenvalue weighted by molar-refractivity contribution is 5.82. The molecule has 0 saturated carbocycles. The molecule has 120 valence electrons. The first-order valence-electron chi connectivity index (χ1n) is 7.53. The van der Waals surface area contributed by atoms with Gasteiger partial charge in [-0.2, -0.15) is 10.1 Å². The van der Waals surface area contributed by atoms with Crippen molar-refractivity contribution in [1.82, 2.24) is 30.4 Å². The average molecular weight is 321 g/mol. The number of nitrogens with zero attached hydrogens (tertiary/aromatic N) is 4. The molecule has 0 radical (unpaired) electrons. The molecule has 8 nitrogen and oxygen atoms in total. The first-order chi connectivity index (χ1) is 11.8. The van der Waals surface area contributed by atoms with Crippen LogP contribution in [0.1, 0.15) is 6.92 Å².